The van der Waals surface area contributed by atoms with E-state index in [-0.39, 0.29) is 12.5 Å². The Labute approximate surface area is 125 Å². The van der Waals surface area contributed by atoms with Crippen molar-refractivity contribution in [3.05, 3.63) is 29.8 Å². The molecule has 1 aliphatic carbocycles. The largest absolute Gasteiger partial charge is 0.481 e. The predicted molar refractivity (Wildman–Crippen MR) is 81.4 cm³/mol. The standard InChI is InChI=1S/C16H22N2O3/c1-2-18(13-8-4-5-9-13)16(21)17-14-10-6-3-7-12(14)11-15(19)20/h3,6-7,10,13H,2,4-5,8-9,11H2,1H3,(H,17,21)(H,19,20). The van der Waals surface area contributed by atoms with Gasteiger partial charge in [0.1, 0.15) is 0 Å². The first-order chi connectivity index (χ1) is 10.1. The minimum atomic E-state index is -0.903. The molecule has 0 radical (unpaired) electrons. The number of para-hydroxylation sites is 1. The molecule has 5 heteroatoms. The number of hydrogen-bond acceptors (Lipinski definition) is 2. The van der Waals surface area contributed by atoms with Gasteiger partial charge in [0.05, 0.1) is 6.42 Å². The lowest BCUT2D eigenvalue weighted by atomic mass is 10.1. The third-order valence-corrected chi connectivity index (χ3v) is 3.97. The van der Waals surface area contributed by atoms with E-state index in [9.17, 15) is 9.59 Å². The Hall–Kier alpha value is -2.04. The van der Waals surface area contributed by atoms with Gasteiger partial charge in [-0.05, 0) is 31.4 Å². The summed E-state index contributed by atoms with van der Waals surface area (Å²) < 4.78 is 0. The van der Waals surface area contributed by atoms with Crippen LogP contribution in [0.5, 0.6) is 0 Å². The summed E-state index contributed by atoms with van der Waals surface area (Å²) in [5.41, 5.74) is 1.21. The summed E-state index contributed by atoms with van der Waals surface area (Å²) in [7, 11) is 0. The van der Waals surface area contributed by atoms with E-state index >= 15 is 0 Å². The van der Waals surface area contributed by atoms with E-state index in [0.717, 1.165) is 12.8 Å². The van der Waals surface area contributed by atoms with Crippen molar-refractivity contribution in [3.8, 4) is 0 Å². The second kappa shape index (κ2) is 7.11. The average molecular weight is 290 g/mol. The molecule has 1 aliphatic rings. The molecule has 0 atom stereocenters. The van der Waals surface area contributed by atoms with Gasteiger partial charge in [-0.15, -0.1) is 0 Å². The Balaban J connectivity index is 2.09. The van der Waals surface area contributed by atoms with Crippen LogP contribution in [-0.2, 0) is 11.2 Å². The van der Waals surface area contributed by atoms with E-state index < -0.39 is 5.97 Å². The fraction of sp³-hybridized carbons (Fsp3) is 0.500. The summed E-state index contributed by atoms with van der Waals surface area (Å²) >= 11 is 0. The highest BCUT2D eigenvalue weighted by atomic mass is 16.4. The Kier molecular flexibility index (Phi) is 5.20. The van der Waals surface area contributed by atoms with Gasteiger partial charge in [0, 0.05) is 18.3 Å². The number of urea groups is 1. The van der Waals surface area contributed by atoms with E-state index in [1.165, 1.54) is 12.8 Å². The van der Waals surface area contributed by atoms with E-state index in [1.807, 2.05) is 11.8 Å². The molecule has 0 spiro atoms. The monoisotopic (exact) mass is 290 g/mol. The molecule has 0 unspecified atom stereocenters. The fourth-order valence-electron chi connectivity index (χ4n) is 2.93. The highest BCUT2D eigenvalue weighted by Gasteiger charge is 2.25. The normalized spacial score (nSPS) is 14.9. The molecule has 0 heterocycles. The number of aliphatic carboxylic acids is 1. The number of carbonyl (C=O) groups excluding carboxylic acids is 1. The Morgan fingerprint density at radius 1 is 1.29 bits per heavy atom. The number of hydrogen-bond donors (Lipinski definition) is 2. The first-order valence-electron chi connectivity index (χ1n) is 7.49. The lowest BCUT2D eigenvalue weighted by Crippen LogP contribution is -2.41. The van der Waals surface area contributed by atoms with Crippen LogP contribution in [0.1, 0.15) is 38.2 Å². The van der Waals surface area contributed by atoms with Crippen LogP contribution >= 0.6 is 0 Å². The van der Waals surface area contributed by atoms with Crippen molar-refractivity contribution in [2.75, 3.05) is 11.9 Å². The summed E-state index contributed by atoms with van der Waals surface area (Å²) in [4.78, 5) is 25.2. The van der Waals surface area contributed by atoms with Gasteiger partial charge in [-0.25, -0.2) is 4.79 Å². The van der Waals surface area contributed by atoms with Crippen molar-refractivity contribution < 1.29 is 14.7 Å². The number of amides is 2. The van der Waals surface area contributed by atoms with Gasteiger partial charge in [-0.1, -0.05) is 31.0 Å². The van der Waals surface area contributed by atoms with Gasteiger partial charge in [-0.2, -0.15) is 0 Å². The van der Waals surface area contributed by atoms with Crippen LogP contribution in [0, 0.1) is 0 Å². The minimum Gasteiger partial charge on any atom is -0.481 e. The maximum atomic E-state index is 12.4. The molecular formula is C16H22N2O3. The smallest absolute Gasteiger partial charge is 0.322 e. The molecule has 5 nitrogen and oxygen atoms in total. The summed E-state index contributed by atoms with van der Waals surface area (Å²) in [6, 6.07) is 7.23. The van der Waals surface area contributed by atoms with E-state index in [4.69, 9.17) is 5.11 Å². The Bertz CT molecular complexity index is 510. The summed E-state index contributed by atoms with van der Waals surface area (Å²) in [6.45, 7) is 2.64. The number of rotatable bonds is 5. The molecule has 1 fully saturated rings. The molecule has 1 aromatic rings. The summed E-state index contributed by atoms with van der Waals surface area (Å²) in [5, 5.41) is 11.8. The van der Waals surface area contributed by atoms with Gasteiger partial charge in [0.2, 0.25) is 0 Å². The van der Waals surface area contributed by atoms with Gasteiger partial charge >= 0.3 is 12.0 Å². The van der Waals surface area contributed by atoms with Crippen LogP contribution < -0.4 is 5.32 Å². The van der Waals surface area contributed by atoms with Crippen LogP contribution in [0.15, 0.2) is 24.3 Å². The highest BCUT2D eigenvalue weighted by molar-refractivity contribution is 5.91. The molecule has 1 saturated carbocycles. The molecule has 2 amide bonds. The van der Waals surface area contributed by atoms with Gasteiger partial charge < -0.3 is 15.3 Å². The number of nitrogens with zero attached hydrogens (tertiary/aromatic N) is 1. The average Bonchev–Trinajstić information content (AvgIpc) is 2.95. The topological polar surface area (TPSA) is 69.6 Å². The Morgan fingerprint density at radius 3 is 2.57 bits per heavy atom. The van der Waals surface area contributed by atoms with Crippen LogP contribution in [0.3, 0.4) is 0 Å². The third kappa shape index (κ3) is 3.97. The summed E-state index contributed by atoms with van der Waals surface area (Å²) in [5.74, 6) is -0.903. The number of carboxylic acid groups (broad SMARTS) is 1. The predicted octanol–water partition coefficient (Wildman–Crippen LogP) is 3.11. The third-order valence-electron chi connectivity index (χ3n) is 3.97. The van der Waals surface area contributed by atoms with Crippen molar-refractivity contribution in [1.82, 2.24) is 4.90 Å². The quantitative estimate of drug-likeness (QED) is 0.875. The minimum absolute atomic E-state index is 0.0913. The SMILES string of the molecule is CCN(C(=O)Nc1ccccc1CC(=O)O)C1CCCC1. The molecule has 0 bridgehead atoms. The Morgan fingerprint density at radius 2 is 1.95 bits per heavy atom. The maximum absolute atomic E-state index is 12.4. The molecule has 21 heavy (non-hydrogen) atoms. The molecule has 1 aromatic carbocycles. The number of benzene rings is 1. The van der Waals surface area contributed by atoms with Crippen LogP contribution in [0.4, 0.5) is 10.5 Å². The van der Waals surface area contributed by atoms with E-state index in [2.05, 4.69) is 5.32 Å². The second-order valence-electron chi connectivity index (χ2n) is 5.38. The number of carboxylic acids is 1. The van der Waals surface area contributed by atoms with Crippen molar-refractivity contribution in [1.29, 1.82) is 0 Å². The first kappa shape index (κ1) is 15.4. The van der Waals surface area contributed by atoms with E-state index in [1.54, 1.807) is 24.3 Å². The first-order valence-corrected chi connectivity index (χ1v) is 7.49. The molecule has 114 valence electrons. The number of nitrogens with one attached hydrogen (secondary N) is 1. The summed E-state index contributed by atoms with van der Waals surface area (Å²) in [6.07, 6.45) is 4.36. The molecule has 2 rings (SSSR count). The lowest BCUT2D eigenvalue weighted by molar-refractivity contribution is -0.136. The zero-order chi connectivity index (χ0) is 15.2. The molecule has 2 N–H and O–H groups in total. The van der Waals surface area contributed by atoms with Crippen LogP contribution in [-0.4, -0.2) is 34.6 Å². The zero-order valence-corrected chi connectivity index (χ0v) is 12.3. The van der Waals surface area contributed by atoms with Crippen LogP contribution in [0.2, 0.25) is 0 Å². The van der Waals surface area contributed by atoms with Gasteiger partial charge in [-0.3, -0.25) is 4.79 Å². The van der Waals surface area contributed by atoms with Crippen molar-refractivity contribution in [2.24, 2.45) is 0 Å². The molecular weight excluding hydrogens is 268 g/mol. The zero-order valence-electron chi connectivity index (χ0n) is 12.3. The number of anilines is 1. The van der Waals surface area contributed by atoms with Crippen molar-refractivity contribution in [2.45, 2.75) is 45.1 Å². The molecule has 0 aliphatic heterocycles. The van der Waals surface area contributed by atoms with Crippen molar-refractivity contribution in [3.63, 3.8) is 0 Å². The fourth-order valence-corrected chi connectivity index (χ4v) is 2.93. The lowest BCUT2D eigenvalue weighted by Gasteiger charge is -2.28. The van der Waals surface area contributed by atoms with Crippen molar-refractivity contribution >= 4 is 17.7 Å². The van der Waals surface area contributed by atoms with Crippen LogP contribution in [0.25, 0.3) is 0 Å². The molecule has 0 aromatic heterocycles. The maximum Gasteiger partial charge on any atom is 0.322 e. The molecule has 0 saturated heterocycles. The van der Waals surface area contributed by atoms with Gasteiger partial charge in [0.25, 0.3) is 0 Å². The van der Waals surface area contributed by atoms with Gasteiger partial charge in [0.15, 0.2) is 0 Å². The second-order valence-corrected chi connectivity index (χ2v) is 5.38. The highest BCUT2D eigenvalue weighted by Crippen LogP contribution is 2.24. The number of carbonyl (C=O) groups is 2. The van der Waals surface area contributed by atoms with E-state index in [0.29, 0.717) is 23.8 Å².